The van der Waals surface area contributed by atoms with Gasteiger partial charge in [0.1, 0.15) is 11.8 Å². The van der Waals surface area contributed by atoms with Gasteiger partial charge in [0.25, 0.3) is 0 Å². The third kappa shape index (κ3) is 3.11. The third-order valence-corrected chi connectivity index (χ3v) is 2.23. The molecular formula is C10H12ClNO3. The fourth-order valence-corrected chi connectivity index (χ4v) is 1.35. The van der Waals surface area contributed by atoms with E-state index in [1.165, 1.54) is 13.2 Å². The largest absolute Gasteiger partial charge is 0.508 e. The maximum Gasteiger partial charge on any atom is 0.322 e. The Morgan fingerprint density at radius 1 is 1.67 bits per heavy atom. The van der Waals surface area contributed by atoms with Crippen LogP contribution in [0.1, 0.15) is 5.56 Å². The number of carbonyl (C=O) groups is 1. The molecule has 0 aliphatic heterocycles. The average molecular weight is 230 g/mol. The summed E-state index contributed by atoms with van der Waals surface area (Å²) < 4.78 is 4.48. The molecule has 0 fully saturated rings. The molecule has 0 aliphatic carbocycles. The van der Waals surface area contributed by atoms with Crippen LogP contribution in [0.4, 0.5) is 0 Å². The van der Waals surface area contributed by atoms with Gasteiger partial charge in [-0.25, -0.2) is 0 Å². The maximum atomic E-state index is 11.0. The zero-order valence-electron chi connectivity index (χ0n) is 8.24. The van der Waals surface area contributed by atoms with Crippen molar-refractivity contribution in [2.24, 2.45) is 5.73 Å². The molecule has 0 bridgehead atoms. The number of benzene rings is 1. The summed E-state index contributed by atoms with van der Waals surface area (Å²) >= 11 is 5.66. The molecule has 1 rings (SSSR count). The molecule has 0 radical (unpaired) electrons. The molecule has 0 aromatic heterocycles. The highest BCUT2D eigenvalue weighted by atomic mass is 35.5. The first kappa shape index (κ1) is 11.8. The van der Waals surface area contributed by atoms with Gasteiger partial charge >= 0.3 is 5.97 Å². The van der Waals surface area contributed by atoms with Crippen LogP contribution in [0, 0.1) is 0 Å². The molecule has 15 heavy (non-hydrogen) atoms. The predicted octanol–water partition coefficient (Wildman–Crippen LogP) is 1.09. The second kappa shape index (κ2) is 5.00. The monoisotopic (exact) mass is 229 g/mol. The fraction of sp³-hybridized carbons (Fsp3) is 0.300. The zero-order valence-corrected chi connectivity index (χ0v) is 8.99. The van der Waals surface area contributed by atoms with E-state index in [0.717, 1.165) is 0 Å². The van der Waals surface area contributed by atoms with Crippen LogP contribution in [0.5, 0.6) is 5.75 Å². The number of carbonyl (C=O) groups excluding carboxylic acids is 1. The normalized spacial score (nSPS) is 12.2. The minimum atomic E-state index is -0.776. The molecule has 0 heterocycles. The highest BCUT2D eigenvalue weighted by Gasteiger charge is 2.16. The van der Waals surface area contributed by atoms with E-state index < -0.39 is 12.0 Å². The summed E-state index contributed by atoms with van der Waals surface area (Å²) in [6.07, 6.45) is 0.218. The van der Waals surface area contributed by atoms with Crippen molar-refractivity contribution in [1.82, 2.24) is 0 Å². The van der Waals surface area contributed by atoms with E-state index >= 15 is 0 Å². The van der Waals surface area contributed by atoms with Crippen LogP contribution in [0.2, 0.25) is 5.02 Å². The number of aromatic hydroxyl groups is 1. The van der Waals surface area contributed by atoms with Gasteiger partial charge in [0, 0.05) is 11.4 Å². The Balaban J connectivity index is 2.76. The van der Waals surface area contributed by atoms with Crippen LogP contribution < -0.4 is 5.73 Å². The smallest absolute Gasteiger partial charge is 0.322 e. The SMILES string of the molecule is COC(=O)C(N)Cc1ccc(Cl)cc1O. The summed E-state index contributed by atoms with van der Waals surface area (Å²) in [4.78, 5) is 11.0. The number of nitrogens with two attached hydrogens (primary N) is 1. The molecule has 0 saturated carbocycles. The minimum absolute atomic E-state index is 0.0295. The van der Waals surface area contributed by atoms with Crippen molar-refractivity contribution in [2.45, 2.75) is 12.5 Å². The van der Waals surface area contributed by atoms with Crippen molar-refractivity contribution < 1.29 is 14.6 Å². The first-order chi connectivity index (χ1) is 7.04. The number of esters is 1. The van der Waals surface area contributed by atoms with Gasteiger partial charge in [0.15, 0.2) is 0 Å². The summed E-state index contributed by atoms with van der Waals surface area (Å²) in [5.41, 5.74) is 6.12. The van der Waals surface area contributed by atoms with Gasteiger partial charge in [-0.05, 0) is 17.7 Å². The zero-order chi connectivity index (χ0) is 11.4. The number of hydrogen-bond donors (Lipinski definition) is 2. The van der Waals surface area contributed by atoms with Gasteiger partial charge in [-0.1, -0.05) is 17.7 Å². The average Bonchev–Trinajstić information content (AvgIpc) is 2.20. The predicted molar refractivity (Wildman–Crippen MR) is 56.8 cm³/mol. The van der Waals surface area contributed by atoms with Gasteiger partial charge in [-0.2, -0.15) is 0 Å². The molecule has 1 atom stereocenters. The van der Waals surface area contributed by atoms with Crippen molar-refractivity contribution in [3.8, 4) is 5.75 Å². The number of halogens is 1. The van der Waals surface area contributed by atoms with Crippen molar-refractivity contribution in [3.05, 3.63) is 28.8 Å². The van der Waals surface area contributed by atoms with E-state index in [1.54, 1.807) is 12.1 Å². The van der Waals surface area contributed by atoms with Crippen molar-refractivity contribution in [3.63, 3.8) is 0 Å². The lowest BCUT2D eigenvalue weighted by molar-refractivity contribution is -0.142. The van der Waals surface area contributed by atoms with Crippen molar-refractivity contribution in [2.75, 3.05) is 7.11 Å². The van der Waals surface area contributed by atoms with E-state index in [2.05, 4.69) is 4.74 Å². The Morgan fingerprint density at radius 2 is 2.33 bits per heavy atom. The molecular weight excluding hydrogens is 218 g/mol. The van der Waals surface area contributed by atoms with Gasteiger partial charge < -0.3 is 15.6 Å². The molecule has 1 unspecified atom stereocenters. The molecule has 82 valence electrons. The quantitative estimate of drug-likeness (QED) is 0.761. The van der Waals surface area contributed by atoms with Crippen LogP contribution in [0.25, 0.3) is 0 Å². The first-order valence-corrected chi connectivity index (χ1v) is 4.73. The number of rotatable bonds is 3. The lowest BCUT2D eigenvalue weighted by atomic mass is 10.1. The van der Waals surface area contributed by atoms with E-state index in [-0.39, 0.29) is 12.2 Å². The van der Waals surface area contributed by atoms with Gasteiger partial charge in [-0.15, -0.1) is 0 Å². The highest BCUT2D eigenvalue weighted by molar-refractivity contribution is 6.30. The molecule has 5 heteroatoms. The van der Waals surface area contributed by atoms with Crippen molar-refractivity contribution in [1.29, 1.82) is 0 Å². The summed E-state index contributed by atoms with van der Waals surface area (Å²) in [6.45, 7) is 0. The van der Waals surface area contributed by atoms with Gasteiger partial charge in [0.2, 0.25) is 0 Å². The number of phenols is 1. The Kier molecular flexibility index (Phi) is 3.94. The van der Waals surface area contributed by atoms with E-state index in [0.29, 0.717) is 10.6 Å². The van der Waals surface area contributed by atoms with Crippen LogP contribution in [0.3, 0.4) is 0 Å². The van der Waals surface area contributed by atoms with E-state index in [1.807, 2.05) is 0 Å². The lowest BCUT2D eigenvalue weighted by Gasteiger charge is -2.10. The molecule has 1 aromatic carbocycles. The summed E-state index contributed by atoms with van der Waals surface area (Å²) in [5, 5.41) is 9.94. The van der Waals surface area contributed by atoms with Crippen LogP contribution in [-0.2, 0) is 16.0 Å². The Morgan fingerprint density at radius 3 is 2.87 bits per heavy atom. The summed E-state index contributed by atoms with van der Waals surface area (Å²) in [6, 6.07) is 3.88. The lowest BCUT2D eigenvalue weighted by Crippen LogP contribution is -2.33. The highest BCUT2D eigenvalue weighted by Crippen LogP contribution is 2.22. The topological polar surface area (TPSA) is 72.5 Å². The Hall–Kier alpha value is -1.26. The Labute approximate surface area is 92.6 Å². The van der Waals surface area contributed by atoms with Crippen LogP contribution >= 0.6 is 11.6 Å². The van der Waals surface area contributed by atoms with Crippen LogP contribution in [0.15, 0.2) is 18.2 Å². The molecule has 4 nitrogen and oxygen atoms in total. The standard InChI is InChI=1S/C10H12ClNO3/c1-15-10(14)8(12)4-6-2-3-7(11)5-9(6)13/h2-3,5,8,13H,4,12H2,1H3. The fourth-order valence-electron chi connectivity index (χ4n) is 1.18. The second-order valence-corrected chi connectivity index (χ2v) is 3.54. The van der Waals surface area contributed by atoms with E-state index in [9.17, 15) is 9.90 Å². The number of ether oxygens (including phenoxy) is 1. The molecule has 0 saturated heterocycles. The summed E-state index contributed by atoms with van der Waals surface area (Å²) in [5.74, 6) is -0.480. The first-order valence-electron chi connectivity index (χ1n) is 4.35. The summed E-state index contributed by atoms with van der Waals surface area (Å²) in [7, 11) is 1.27. The van der Waals surface area contributed by atoms with Crippen molar-refractivity contribution >= 4 is 17.6 Å². The second-order valence-electron chi connectivity index (χ2n) is 3.11. The number of phenolic OH excluding ortho intramolecular Hbond substituents is 1. The number of hydrogen-bond acceptors (Lipinski definition) is 4. The third-order valence-electron chi connectivity index (χ3n) is 1.99. The Bertz CT molecular complexity index is 368. The minimum Gasteiger partial charge on any atom is -0.508 e. The van der Waals surface area contributed by atoms with Crippen LogP contribution in [-0.4, -0.2) is 24.2 Å². The van der Waals surface area contributed by atoms with Gasteiger partial charge in [-0.3, -0.25) is 4.79 Å². The van der Waals surface area contributed by atoms with E-state index in [4.69, 9.17) is 17.3 Å². The number of methoxy groups -OCH3 is 1. The molecule has 3 N–H and O–H groups in total. The molecule has 0 amide bonds. The van der Waals surface area contributed by atoms with Gasteiger partial charge in [0.05, 0.1) is 7.11 Å². The molecule has 1 aromatic rings. The molecule has 0 spiro atoms. The maximum absolute atomic E-state index is 11.0. The molecule has 0 aliphatic rings.